The van der Waals surface area contributed by atoms with Crippen LogP contribution in [0.4, 0.5) is 10.5 Å². The first-order chi connectivity index (χ1) is 8.79. The molecule has 1 aromatic heterocycles. The molecule has 94 valence electrons. The molecule has 0 aliphatic rings. The van der Waals surface area contributed by atoms with Gasteiger partial charge < -0.3 is 15.2 Å². The molecule has 2 amide bonds. The van der Waals surface area contributed by atoms with Crippen molar-refractivity contribution in [3.8, 4) is 5.69 Å². The van der Waals surface area contributed by atoms with Gasteiger partial charge in [0, 0.05) is 30.3 Å². The fraction of sp³-hybridized carbons (Fsp3) is 0.231. The fourth-order valence-corrected chi connectivity index (χ4v) is 1.54. The number of carbonyl (C=O) groups is 1. The highest BCUT2D eigenvalue weighted by molar-refractivity contribution is 5.89. The first kappa shape index (κ1) is 12.2. The van der Waals surface area contributed by atoms with Crippen molar-refractivity contribution in [3.05, 3.63) is 43.0 Å². The third-order valence-electron chi connectivity index (χ3n) is 2.46. The second-order valence-corrected chi connectivity index (χ2v) is 3.90. The quantitative estimate of drug-likeness (QED) is 0.867. The lowest BCUT2D eigenvalue weighted by Crippen LogP contribution is -2.29. The lowest BCUT2D eigenvalue weighted by molar-refractivity contribution is 0.252. The monoisotopic (exact) mass is 244 g/mol. The second kappa shape index (κ2) is 5.86. The van der Waals surface area contributed by atoms with E-state index < -0.39 is 0 Å². The summed E-state index contributed by atoms with van der Waals surface area (Å²) in [6, 6.07) is 7.41. The summed E-state index contributed by atoms with van der Waals surface area (Å²) in [5.74, 6) is 0. The summed E-state index contributed by atoms with van der Waals surface area (Å²) in [5, 5.41) is 5.53. The summed E-state index contributed by atoms with van der Waals surface area (Å²) in [4.78, 5) is 15.4. The number of nitrogens with zero attached hydrogens (tertiary/aromatic N) is 2. The maximum atomic E-state index is 11.4. The normalized spacial score (nSPS) is 10.1. The van der Waals surface area contributed by atoms with Crippen molar-refractivity contribution in [1.82, 2.24) is 14.9 Å². The Morgan fingerprint density at radius 1 is 1.33 bits per heavy atom. The summed E-state index contributed by atoms with van der Waals surface area (Å²) in [6.45, 7) is 2.69. The van der Waals surface area contributed by atoms with Crippen LogP contribution in [0.15, 0.2) is 43.0 Å². The smallest absolute Gasteiger partial charge is 0.319 e. The number of amides is 2. The van der Waals surface area contributed by atoms with Crippen LogP contribution in [0.3, 0.4) is 0 Å². The summed E-state index contributed by atoms with van der Waals surface area (Å²) in [7, 11) is 0. The fourth-order valence-electron chi connectivity index (χ4n) is 1.54. The van der Waals surface area contributed by atoms with Crippen LogP contribution in [-0.2, 0) is 0 Å². The number of hydrogen-bond donors (Lipinski definition) is 2. The Hall–Kier alpha value is -2.30. The summed E-state index contributed by atoms with van der Waals surface area (Å²) in [5.41, 5.74) is 1.78. The standard InChI is InChI=1S/C13H16N4O/c1-2-7-15-13(18)16-11-3-5-12(6-4-11)17-9-8-14-10-17/h3-6,8-10H,2,7H2,1H3,(H2,15,16,18). The number of carbonyl (C=O) groups excluding carboxylic acids is 1. The molecule has 0 fully saturated rings. The molecular weight excluding hydrogens is 228 g/mol. The SMILES string of the molecule is CCCNC(=O)Nc1ccc(-n2ccnc2)cc1. The van der Waals surface area contributed by atoms with E-state index in [1.54, 1.807) is 12.5 Å². The average molecular weight is 244 g/mol. The van der Waals surface area contributed by atoms with Gasteiger partial charge in [0.05, 0.1) is 6.33 Å². The molecule has 2 N–H and O–H groups in total. The molecule has 0 spiro atoms. The molecular formula is C13H16N4O. The van der Waals surface area contributed by atoms with Gasteiger partial charge in [0.2, 0.25) is 0 Å². The Labute approximate surface area is 106 Å². The lowest BCUT2D eigenvalue weighted by Gasteiger charge is -2.07. The minimum absolute atomic E-state index is 0.174. The Morgan fingerprint density at radius 2 is 2.11 bits per heavy atom. The predicted octanol–water partition coefficient (Wildman–Crippen LogP) is 2.40. The van der Waals surface area contributed by atoms with Gasteiger partial charge in [0.1, 0.15) is 0 Å². The molecule has 1 aromatic carbocycles. The van der Waals surface area contributed by atoms with Crippen LogP contribution in [-0.4, -0.2) is 22.1 Å². The number of urea groups is 1. The Morgan fingerprint density at radius 3 is 2.72 bits per heavy atom. The van der Waals surface area contributed by atoms with E-state index >= 15 is 0 Å². The third kappa shape index (κ3) is 3.10. The first-order valence-corrected chi connectivity index (χ1v) is 5.93. The molecule has 5 nitrogen and oxygen atoms in total. The highest BCUT2D eigenvalue weighted by atomic mass is 16.2. The number of benzene rings is 1. The van der Waals surface area contributed by atoms with Crippen LogP contribution in [0.2, 0.25) is 0 Å². The average Bonchev–Trinajstić information content (AvgIpc) is 2.91. The predicted molar refractivity (Wildman–Crippen MR) is 70.9 cm³/mol. The van der Waals surface area contributed by atoms with Crippen molar-refractivity contribution in [2.75, 3.05) is 11.9 Å². The Bertz CT molecular complexity index is 490. The highest BCUT2D eigenvalue weighted by Crippen LogP contribution is 2.12. The molecule has 0 unspecified atom stereocenters. The minimum atomic E-state index is -0.174. The van der Waals surface area contributed by atoms with E-state index in [1.807, 2.05) is 42.0 Å². The van der Waals surface area contributed by atoms with Crippen LogP contribution >= 0.6 is 0 Å². The molecule has 0 atom stereocenters. The topological polar surface area (TPSA) is 59.0 Å². The van der Waals surface area contributed by atoms with Crippen molar-refractivity contribution >= 4 is 11.7 Å². The zero-order valence-electron chi connectivity index (χ0n) is 10.3. The largest absolute Gasteiger partial charge is 0.338 e. The summed E-state index contributed by atoms with van der Waals surface area (Å²) in [6.07, 6.45) is 6.25. The summed E-state index contributed by atoms with van der Waals surface area (Å²) >= 11 is 0. The number of anilines is 1. The second-order valence-electron chi connectivity index (χ2n) is 3.90. The highest BCUT2D eigenvalue weighted by Gasteiger charge is 2.00. The summed E-state index contributed by atoms with van der Waals surface area (Å²) < 4.78 is 1.90. The molecule has 0 radical (unpaired) electrons. The van der Waals surface area contributed by atoms with E-state index in [2.05, 4.69) is 15.6 Å². The van der Waals surface area contributed by atoms with Crippen LogP contribution in [0, 0.1) is 0 Å². The zero-order chi connectivity index (χ0) is 12.8. The van der Waals surface area contributed by atoms with E-state index in [4.69, 9.17) is 0 Å². The number of hydrogen-bond acceptors (Lipinski definition) is 2. The van der Waals surface area contributed by atoms with Crippen LogP contribution in [0.1, 0.15) is 13.3 Å². The molecule has 2 aromatic rings. The maximum Gasteiger partial charge on any atom is 0.319 e. The molecule has 0 saturated heterocycles. The zero-order valence-corrected chi connectivity index (χ0v) is 10.3. The molecule has 5 heteroatoms. The molecule has 18 heavy (non-hydrogen) atoms. The van der Waals surface area contributed by atoms with Gasteiger partial charge in [-0.05, 0) is 30.7 Å². The van der Waals surface area contributed by atoms with Crippen LogP contribution in [0.25, 0.3) is 5.69 Å². The number of imidazole rings is 1. The van der Waals surface area contributed by atoms with E-state index in [0.29, 0.717) is 6.54 Å². The number of aromatic nitrogens is 2. The molecule has 1 heterocycles. The third-order valence-corrected chi connectivity index (χ3v) is 2.46. The van der Waals surface area contributed by atoms with Crippen molar-refractivity contribution in [1.29, 1.82) is 0 Å². The van der Waals surface area contributed by atoms with Crippen LogP contribution in [0.5, 0.6) is 0 Å². The van der Waals surface area contributed by atoms with Crippen molar-refractivity contribution in [2.24, 2.45) is 0 Å². The van der Waals surface area contributed by atoms with Gasteiger partial charge >= 0.3 is 6.03 Å². The van der Waals surface area contributed by atoms with Gasteiger partial charge in [0.15, 0.2) is 0 Å². The number of rotatable bonds is 4. The van der Waals surface area contributed by atoms with Crippen molar-refractivity contribution < 1.29 is 4.79 Å². The van der Waals surface area contributed by atoms with Gasteiger partial charge in [-0.1, -0.05) is 6.92 Å². The Kier molecular flexibility index (Phi) is 3.96. The van der Waals surface area contributed by atoms with Gasteiger partial charge in [0.25, 0.3) is 0 Å². The number of nitrogens with one attached hydrogen (secondary N) is 2. The molecule has 2 rings (SSSR count). The lowest BCUT2D eigenvalue weighted by atomic mass is 10.3. The maximum absolute atomic E-state index is 11.4. The van der Waals surface area contributed by atoms with E-state index in [1.165, 1.54) is 0 Å². The van der Waals surface area contributed by atoms with E-state index in [-0.39, 0.29) is 6.03 Å². The van der Waals surface area contributed by atoms with Gasteiger partial charge in [-0.3, -0.25) is 0 Å². The Balaban J connectivity index is 1.98. The molecule has 0 aliphatic heterocycles. The van der Waals surface area contributed by atoms with E-state index in [9.17, 15) is 4.79 Å². The molecule has 0 bridgehead atoms. The van der Waals surface area contributed by atoms with Gasteiger partial charge in [-0.15, -0.1) is 0 Å². The molecule has 0 saturated carbocycles. The van der Waals surface area contributed by atoms with Crippen LogP contribution < -0.4 is 10.6 Å². The van der Waals surface area contributed by atoms with E-state index in [0.717, 1.165) is 17.8 Å². The minimum Gasteiger partial charge on any atom is -0.338 e. The van der Waals surface area contributed by atoms with Gasteiger partial charge in [-0.25, -0.2) is 9.78 Å². The van der Waals surface area contributed by atoms with Crippen molar-refractivity contribution in [3.63, 3.8) is 0 Å². The van der Waals surface area contributed by atoms with Gasteiger partial charge in [-0.2, -0.15) is 0 Å². The first-order valence-electron chi connectivity index (χ1n) is 5.93. The van der Waals surface area contributed by atoms with Crippen molar-refractivity contribution in [2.45, 2.75) is 13.3 Å². The molecule has 0 aliphatic carbocycles.